The summed E-state index contributed by atoms with van der Waals surface area (Å²) in [5.41, 5.74) is 2.64. The average molecular weight is 289 g/mol. The van der Waals surface area contributed by atoms with E-state index in [-0.39, 0.29) is 6.03 Å². The van der Waals surface area contributed by atoms with Gasteiger partial charge in [0.15, 0.2) is 5.17 Å². The van der Waals surface area contributed by atoms with Crippen molar-refractivity contribution in [2.24, 2.45) is 12.0 Å². The lowest BCUT2D eigenvalue weighted by Gasteiger charge is -2.06. The highest BCUT2D eigenvalue weighted by Gasteiger charge is 2.11. The molecular weight excluding hydrogens is 274 g/mol. The number of fused-ring (bicyclic) bond motifs is 1. The van der Waals surface area contributed by atoms with Gasteiger partial charge < -0.3 is 9.88 Å². The number of aryl methyl sites for hydroxylation is 2. The highest BCUT2D eigenvalue weighted by molar-refractivity contribution is 8.14. The number of hydrogen-bond donors (Lipinski definition) is 2. The minimum absolute atomic E-state index is 0.273. The van der Waals surface area contributed by atoms with E-state index in [1.165, 1.54) is 0 Å². The number of benzene rings is 1. The van der Waals surface area contributed by atoms with Gasteiger partial charge in [-0.3, -0.25) is 10.3 Å². The molecule has 0 spiro atoms. The minimum Gasteiger partial charge on any atom is -0.331 e. The molecule has 2 N–H and O–H groups in total. The van der Waals surface area contributed by atoms with Gasteiger partial charge in [0.1, 0.15) is 5.82 Å². The first-order valence-corrected chi connectivity index (χ1v) is 7.30. The van der Waals surface area contributed by atoms with Crippen LogP contribution < -0.4 is 10.6 Å². The van der Waals surface area contributed by atoms with Crippen molar-refractivity contribution in [1.82, 2.24) is 14.9 Å². The van der Waals surface area contributed by atoms with Gasteiger partial charge in [-0.2, -0.15) is 0 Å². The maximum Gasteiger partial charge on any atom is 0.325 e. The predicted molar refractivity (Wildman–Crippen MR) is 82.4 cm³/mol. The molecular formula is C13H15N5OS. The smallest absolute Gasteiger partial charge is 0.325 e. The van der Waals surface area contributed by atoms with Crippen LogP contribution in [0.2, 0.25) is 0 Å². The number of thioether (sulfide) groups is 1. The third-order valence-electron chi connectivity index (χ3n) is 3.17. The highest BCUT2D eigenvalue weighted by atomic mass is 32.2. The molecule has 6 nitrogen and oxygen atoms in total. The molecule has 0 aliphatic carbocycles. The van der Waals surface area contributed by atoms with Gasteiger partial charge in [0.25, 0.3) is 0 Å². The lowest BCUT2D eigenvalue weighted by Crippen LogP contribution is -2.31. The fourth-order valence-electron chi connectivity index (χ4n) is 2.07. The Hall–Kier alpha value is -2.02. The Bertz CT molecular complexity index is 706. The molecule has 2 amide bonds. The predicted octanol–water partition coefficient (Wildman–Crippen LogP) is 2.11. The van der Waals surface area contributed by atoms with Crippen molar-refractivity contribution in [2.45, 2.75) is 6.92 Å². The zero-order valence-electron chi connectivity index (χ0n) is 11.3. The van der Waals surface area contributed by atoms with Crippen molar-refractivity contribution >= 4 is 39.7 Å². The van der Waals surface area contributed by atoms with E-state index in [2.05, 4.69) is 20.6 Å². The number of urea groups is 1. The Labute approximate surface area is 120 Å². The Morgan fingerprint density at radius 1 is 1.40 bits per heavy atom. The number of imidazole rings is 1. The van der Waals surface area contributed by atoms with Gasteiger partial charge in [-0.1, -0.05) is 11.8 Å². The van der Waals surface area contributed by atoms with E-state index in [1.807, 2.05) is 36.7 Å². The Morgan fingerprint density at radius 2 is 2.25 bits per heavy atom. The molecule has 2 heterocycles. The number of aromatic nitrogens is 2. The van der Waals surface area contributed by atoms with Crippen LogP contribution in [-0.4, -0.2) is 33.0 Å². The Kier molecular flexibility index (Phi) is 3.35. The molecule has 104 valence electrons. The first-order chi connectivity index (χ1) is 9.63. The van der Waals surface area contributed by atoms with Crippen molar-refractivity contribution in [1.29, 1.82) is 0 Å². The van der Waals surface area contributed by atoms with Gasteiger partial charge in [0.05, 0.1) is 17.6 Å². The zero-order chi connectivity index (χ0) is 14.1. The van der Waals surface area contributed by atoms with Crippen LogP contribution >= 0.6 is 11.8 Å². The molecule has 1 aromatic heterocycles. The van der Waals surface area contributed by atoms with Gasteiger partial charge in [-0.25, -0.2) is 9.78 Å². The van der Waals surface area contributed by atoms with Crippen LogP contribution in [0.3, 0.4) is 0 Å². The highest BCUT2D eigenvalue weighted by Crippen LogP contribution is 2.19. The van der Waals surface area contributed by atoms with E-state index < -0.39 is 0 Å². The quantitative estimate of drug-likeness (QED) is 0.844. The van der Waals surface area contributed by atoms with Crippen LogP contribution in [-0.2, 0) is 7.05 Å². The molecule has 0 unspecified atom stereocenters. The maximum atomic E-state index is 11.8. The van der Waals surface area contributed by atoms with Crippen LogP contribution in [0.25, 0.3) is 11.0 Å². The van der Waals surface area contributed by atoms with Crippen LogP contribution in [0, 0.1) is 6.92 Å². The normalized spacial score (nSPS) is 14.4. The molecule has 0 atom stereocenters. The van der Waals surface area contributed by atoms with Crippen LogP contribution in [0.5, 0.6) is 0 Å². The van der Waals surface area contributed by atoms with Gasteiger partial charge in [-0.05, 0) is 25.1 Å². The summed E-state index contributed by atoms with van der Waals surface area (Å²) in [6, 6.07) is 5.41. The molecule has 1 aliphatic rings. The molecule has 0 saturated heterocycles. The minimum atomic E-state index is -0.273. The number of carbonyl (C=O) groups excluding carboxylic acids is 1. The topological polar surface area (TPSA) is 71.3 Å². The largest absolute Gasteiger partial charge is 0.331 e. The lowest BCUT2D eigenvalue weighted by atomic mass is 10.3. The van der Waals surface area contributed by atoms with Crippen LogP contribution in [0.1, 0.15) is 5.82 Å². The standard InChI is InChI=1S/C13H15N5OS/c1-8-15-10-7-9(3-4-11(10)18(8)2)16-12(19)17-13-14-5-6-20-13/h3-4,7H,5-6H2,1-2H3,(H2,14,16,17,19). The summed E-state index contributed by atoms with van der Waals surface area (Å²) in [6.45, 7) is 2.72. The van der Waals surface area contributed by atoms with E-state index in [0.717, 1.165) is 34.8 Å². The van der Waals surface area contributed by atoms with Crippen molar-refractivity contribution in [3.05, 3.63) is 24.0 Å². The van der Waals surface area contributed by atoms with Crippen molar-refractivity contribution in [2.75, 3.05) is 17.6 Å². The maximum absolute atomic E-state index is 11.8. The summed E-state index contributed by atoms with van der Waals surface area (Å²) in [7, 11) is 1.97. The molecule has 0 fully saturated rings. The third-order valence-corrected chi connectivity index (χ3v) is 4.06. The molecule has 1 aliphatic heterocycles. The lowest BCUT2D eigenvalue weighted by molar-refractivity contribution is 0.256. The second kappa shape index (κ2) is 5.16. The molecule has 20 heavy (non-hydrogen) atoms. The van der Waals surface area contributed by atoms with Crippen LogP contribution in [0.4, 0.5) is 10.5 Å². The SMILES string of the molecule is Cc1nc2cc(NC(=O)NC3=NCCS3)ccc2n1C. The van der Waals surface area contributed by atoms with E-state index in [0.29, 0.717) is 5.17 Å². The van der Waals surface area contributed by atoms with Crippen LogP contribution in [0.15, 0.2) is 23.2 Å². The average Bonchev–Trinajstić information content (AvgIpc) is 2.99. The monoisotopic (exact) mass is 289 g/mol. The van der Waals surface area contributed by atoms with Gasteiger partial charge in [0, 0.05) is 18.5 Å². The number of hydrogen-bond acceptors (Lipinski definition) is 4. The molecule has 0 radical (unpaired) electrons. The molecule has 0 saturated carbocycles. The number of carbonyl (C=O) groups is 1. The van der Waals surface area contributed by atoms with Crippen molar-refractivity contribution in [3.63, 3.8) is 0 Å². The molecule has 0 bridgehead atoms. The van der Waals surface area contributed by atoms with Crippen molar-refractivity contribution < 1.29 is 4.79 Å². The van der Waals surface area contributed by atoms with Gasteiger partial charge >= 0.3 is 6.03 Å². The number of amidine groups is 1. The number of anilines is 1. The van der Waals surface area contributed by atoms with Crippen molar-refractivity contribution in [3.8, 4) is 0 Å². The molecule has 7 heteroatoms. The van der Waals surface area contributed by atoms with Gasteiger partial charge in [0.2, 0.25) is 0 Å². The summed E-state index contributed by atoms with van der Waals surface area (Å²) in [5.74, 6) is 1.87. The first kappa shape index (κ1) is 13.0. The fraction of sp³-hybridized carbons (Fsp3) is 0.308. The number of aliphatic imine (C=N–C) groups is 1. The fourth-order valence-corrected chi connectivity index (χ4v) is 2.79. The number of nitrogens with zero attached hydrogens (tertiary/aromatic N) is 3. The number of rotatable bonds is 1. The molecule has 1 aromatic carbocycles. The summed E-state index contributed by atoms with van der Waals surface area (Å²) in [6.07, 6.45) is 0. The Balaban J connectivity index is 1.75. The second-order valence-electron chi connectivity index (χ2n) is 4.54. The summed E-state index contributed by atoms with van der Waals surface area (Å²) >= 11 is 1.55. The third kappa shape index (κ3) is 2.49. The van der Waals surface area contributed by atoms with E-state index in [9.17, 15) is 4.79 Å². The van der Waals surface area contributed by atoms with E-state index >= 15 is 0 Å². The summed E-state index contributed by atoms with van der Waals surface area (Å²) in [5, 5.41) is 6.20. The number of nitrogens with one attached hydrogen (secondary N) is 2. The number of amides is 2. The Morgan fingerprint density at radius 3 is 3.00 bits per heavy atom. The van der Waals surface area contributed by atoms with Gasteiger partial charge in [-0.15, -0.1) is 0 Å². The molecule has 2 aromatic rings. The second-order valence-corrected chi connectivity index (χ2v) is 5.62. The first-order valence-electron chi connectivity index (χ1n) is 6.32. The molecule has 3 rings (SSSR count). The van der Waals surface area contributed by atoms with E-state index in [1.54, 1.807) is 11.8 Å². The zero-order valence-corrected chi connectivity index (χ0v) is 12.1. The summed E-state index contributed by atoms with van der Waals surface area (Å²) in [4.78, 5) is 20.5. The summed E-state index contributed by atoms with van der Waals surface area (Å²) < 4.78 is 2.02. The van der Waals surface area contributed by atoms with E-state index in [4.69, 9.17) is 0 Å².